The third kappa shape index (κ3) is 4.07. The summed E-state index contributed by atoms with van der Waals surface area (Å²) in [6, 6.07) is 4.26. The van der Waals surface area contributed by atoms with Crippen molar-refractivity contribution in [1.29, 1.82) is 0 Å². The zero-order chi connectivity index (χ0) is 21.3. The molecule has 3 aromatic rings. The van der Waals surface area contributed by atoms with Crippen molar-refractivity contribution in [2.75, 3.05) is 10.6 Å². The first kappa shape index (κ1) is 20.5. The van der Waals surface area contributed by atoms with E-state index in [0.717, 1.165) is 37.4 Å². The van der Waals surface area contributed by atoms with Crippen molar-refractivity contribution in [2.45, 2.75) is 64.1 Å². The average molecular weight is 415 g/mol. The lowest BCUT2D eigenvalue weighted by molar-refractivity contribution is 0.402. The summed E-state index contributed by atoms with van der Waals surface area (Å²) in [5.41, 5.74) is 8.64. The number of halogens is 2. The van der Waals surface area contributed by atoms with Gasteiger partial charge in [0, 0.05) is 24.2 Å². The Labute approximate surface area is 173 Å². The van der Waals surface area contributed by atoms with Gasteiger partial charge >= 0.3 is 0 Å². The van der Waals surface area contributed by atoms with E-state index >= 15 is 0 Å². The molecule has 1 fully saturated rings. The SMILES string of the molecule is CC(C)c1[nH]nc2c(NCc3cccc(F)c3F)nc(NC3CCCCC3N)nc12. The summed E-state index contributed by atoms with van der Waals surface area (Å²) in [7, 11) is 0. The molecule has 0 amide bonds. The van der Waals surface area contributed by atoms with E-state index in [2.05, 4.69) is 44.6 Å². The van der Waals surface area contributed by atoms with Crippen LogP contribution in [-0.4, -0.2) is 32.2 Å². The second-order valence-electron chi connectivity index (χ2n) is 8.15. The summed E-state index contributed by atoms with van der Waals surface area (Å²) >= 11 is 0. The number of aromatic nitrogens is 4. The highest BCUT2D eigenvalue weighted by molar-refractivity contribution is 5.88. The van der Waals surface area contributed by atoms with E-state index in [0.29, 0.717) is 22.8 Å². The molecule has 9 heteroatoms. The smallest absolute Gasteiger partial charge is 0.225 e. The van der Waals surface area contributed by atoms with Crippen LogP contribution < -0.4 is 16.4 Å². The third-order valence-electron chi connectivity index (χ3n) is 5.62. The van der Waals surface area contributed by atoms with Crippen molar-refractivity contribution in [2.24, 2.45) is 5.73 Å². The van der Waals surface area contributed by atoms with E-state index in [4.69, 9.17) is 5.73 Å². The monoisotopic (exact) mass is 415 g/mol. The minimum absolute atomic E-state index is 0.0461. The van der Waals surface area contributed by atoms with Gasteiger partial charge in [0.2, 0.25) is 5.95 Å². The molecule has 0 bridgehead atoms. The molecule has 7 nitrogen and oxygen atoms in total. The van der Waals surface area contributed by atoms with Crippen molar-refractivity contribution in [3.63, 3.8) is 0 Å². The summed E-state index contributed by atoms with van der Waals surface area (Å²) in [4.78, 5) is 9.27. The van der Waals surface area contributed by atoms with E-state index < -0.39 is 11.6 Å². The van der Waals surface area contributed by atoms with Gasteiger partial charge in [0.25, 0.3) is 0 Å². The molecular formula is C21H27F2N7. The topological polar surface area (TPSA) is 105 Å². The summed E-state index contributed by atoms with van der Waals surface area (Å²) < 4.78 is 27.6. The van der Waals surface area contributed by atoms with Gasteiger partial charge in [0.1, 0.15) is 5.52 Å². The first-order valence-electron chi connectivity index (χ1n) is 10.4. The molecule has 2 unspecified atom stereocenters. The standard InChI is InChI=1S/C21H27F2N7/c1-11(2)17-18-19(30-29-17)20(25-10-12-6-5-7-13(22)16(12)23)28-21(27-18)26-15-9-4-3-8-14(15)24/h5-7,11,14-15H,3-4,8-10,24H2,1-2H3,(H,29,30)(H2,25,26,27,28). The normalized spacial score (nSPS) is 19.4. The molecule has 5 N–H and O–H groups in total. The number of nitrogens with zero attached hydrogens (tertiary/aromatic N) is 3. The number of rotatable bonds is 6. The van der Waals surface area contributed by atoms with Crippen molar-refractivity contribution >= 4 is 22.8 Å². The maximum Gasteiger partial charge on any atom is 0.225 e. The van der Waals surface area contributed by atoms with Crippen LogP contribution in [0.5, 0.6) is 0 Å². The number of anilines is 2. The molecular weight excluding hydrogens is 388 g/mol. The Morgan fingerprint density at radius 1 is 1.17 bits per heavy atom. The number of nitrogens with two attached hydrogens (primary N) is 1. The lowest BCUT2D eigenvalue weighted by Gasteiger charge is -2.29. The second-order valence-corrected chi connectivity index (χ2v) is 8.15. The van der Waals surface area contributed by atoms with Gasteiger partial charge in [0.05, 0.1) is 5.69 Å². The average Bonchev–Trinajstić information content (AvgIpc) is 3.15. The Balaban J connectivity index is 1.67. The number of hydrogen-bond donors (Lipinski definition) is 4. The minimum atomic E-state index is -0.877. The highest BCUT2D eigenvalue weighted by Gasteiger charge is 2.24. The highest BCUT2D eigenvalue weighted by Crippen LogP contribution is 2.28. The van der Waals surface area contributed by atoms with Gasteiger partial charge in [-0.3, -0.25) is 5.10 Å². The zero-order valence-corrected chi connectivity index (χ0v) is 17.2. The minimum Gasteiger partial charge on any atom is -0.364 e. The molecule has 0 saturated heterocycles. The van der Waals surface area contributed by atoms with E-state index in [1.54, 1.807) is 0 Å². The van der Waals surface area contributed by atoms with Crippen LogP contribution in [0.1, 0.15) is 56.7 Å². The maximum atomic E-state index is 14.1. The molecule has 2 heterocycles. The molecule has 30 heavy (non-hydrogen) atoms. The van der Waals surface area contributed by atoms with Crippen LogP contribution in [0.25, 0.3) is 11.0 Å². The number of fused-ring (bicyclic) bond motifs is 1. The Kier molecular flexibility index (Phi) is 5.80. The van der Waals surface area contributed by atoms with Gasteiger partial charge in [-0.1, -0.05) is 38.8 Å². The van der Waals surface area contributed by atoms with Crippen LogP contribution in [0.3, 0.4) is 0 Å². The van der Waals surface area contributed by atoms with Crippen molar-refractivity contribution < 1.29 is 8.78 Å². The van der Waals surface area contributed by atoms with Crippen molar-refractivity contribution in [1.82, 2.24) is 20.2 Å². The number of benzene rings is 1. The number of nitrogens with one attached hydrogen (secondary N) is 3. The van der Waals surface area contributed by atoms with Gasteiger partial charge < -0.3 is 16.4 Å². The van der Waals surface area contributed by atoms with Gasteiger partial charge in [-0.15, -0.1) is 0 Å². The van der Waals surface area contributed by atoms with Gasteiger partial charge in [-0.05, 0) is 24.8 Å². The quantitative estimate of drug-likeness (QED) is 0.484. The second kappa shape index (κ2) is 8.51. The fourth-order valence-corrected chi connectivity index (χ4v) is 3.88. The number of aromatic amines is 1. The molecule has 4 rings (SSSR count). The predicted molar refractivity (Wildman–Crippen MR) is 113 cm³/mol. The van der Waals surface area contributed by atoms with Crippen LogP contribution in [0, 0.1) is 11.6 Å². The molecule has 0 spiro atoms. The Morgan fingerprint density at radius 3 is 2.73 bits per heavy atom. The van der Waals surface area contributed by atoms with E-state index in [1.165, 1.54) is 12.1 Å². The molecule has 1 aliphatic carbocycles. The highest BCUT2D eigenvalue weighted by atomic mass is 19.2. The lowest BCUT2D eigenvalue weighted by atomic mass is 9.91. The van der Waals surface area contributed by atoms with Crippen LogP contribution >= 0.6 is 0 Å². The molecule has 0 radical (unpaired) electrons. The van der Waals surface area contributed by atoms with E-state index in [1.807, 2.05) is 0 Å². The van der Waals surface area contributed by atoms with Crippen molar-refractivity contribution in [3.8, 4) is 0 Å². The molecule has 1 aromatic carbocycles. The third-order valence-corrected chi connectivity index (χ3v) is 5.62. The number of H-pyrrole nitrogens is 1. The van der Waals surface area contributed by atoms with Gasteiger partial charge in [-0.25, -0.2) is 13.8 Å². The predicted octanol–water partition coefficient (Wildman–Crippen LogP) is 4.05. The lowest BCUT2D eigenvalue weighted by Crippen LogP contribution is -2.43. The van der Waals surface area contributed by atoms with E-state index in [-0.39, 0.29) is 30.1 Å². The van der Waals surface area contributed by atoms with Crippen LogP contribution in [-0.2, 0) is 6.54 Å². The summed E-state index contributed by atoms with van der Waals surface area (Å²) in [5.74, 6) is -0.651. The van der Waals surface area contributed by atoms with Crippen molar-refractivity contribution in [3.05, 3.63) is 41.1 Å². The van der Waals surface area contributed by atoms with E-state index in [9.17, 15) is 8.78 Å². The molecule has 2 atom stereocenters. The summed E-state index contributed by atoms with van der Waals surface area (Å²) in [6.07, 6.45) is 4.17. The maximum absolute atomic E-state index is 14.1. The first-order chi connectivity index (χ1) is 14.4. The number of hydrogen-bond acceptors (Lipinski definition) is 6. The fraction of sp³-hybridized carbons (Fsp3) is 0.476. The molecule has 1 aliphatic rings. The summed E-state index contributed by atoms with van der Waals surface area (Å²) in [5, 5.41) is 13.9. The van der Waals surface area contributed by atoms with Gasteiger partial charge in [0.15, 0.2) is 23.0 Å². The Morgan fingerprint density at radius 2 is 1.97 bits per heavy atom. The molecule has 160 valence electrons. The first-order valence-corrected chi connectivity index (χ1v) is 10.4. The van der Waals surface area contributed by atoms with Crippen LogP contribution in [0.2, 0.25) is 0 Å². The molecule has 0 aliphatic heterocycles. The zero-order valence-electron chi connectivity index (χ0n) is 17.2. The fourth-order valence-electron chi connectivity index (χ4n) is 3.88. The van der Waals surface area contributed by atoms with Crippen LogP contribution in [0.15, 0.2) is 18.2 Å². The molecule has 2 aromatic heterocycles. The Bertz CT molecular complexity index is 1030. The largest absolute Gasteiger partial charge is 0.364 e. The Hall–Kier alpha value is -2.81. The summed E-state index contributed by atoms with van der Waals surface area (Å²) in [6.45, 7) is 4.17. The molecule has 1 saturated carbocycles. The van der Waals surface area contributed by atoms with Gasteiger partial charge in [-0.2, -0.15) is 10.1 Å². The van der Waals surface area contributed by atoms with Crippen LogP contribution in [0.4, 0.5) is 20.5 Å².